The Hall–Kier alpha value is -0.340. The van der Waals surface area contributed by atoms with Gasteiger partial charge in [-0.05, 0) is 50.0 Å². The Labute approximate surface area is 119 Å². The molecule has 2 heteroatoms. The monoisotopic (exact) mass is 310 g/mol. The molecule has 1 aromatic rings. The van der Waals surface area contributed by atoms with Crippen LogP contribution in [-0.4, -0.2) is 18.0 Å². The van der Waals surface area contributed by atoms with Crippen LogP contribution in [0.2, 0.25) is 0 Å². The number of unbranched alkanes of at least 4 members (excludes halogenated alkanes) is 1. The van der Waals surface area contributed by atoms with E-state index < -0.39 is 0 Å². The van der Waals surface area contributed by atoms with Crippen LogP contribution in [0.15, 0.2) is 30.3 Å². The molecule has 1 nitrogen and oxygen atoms in total. The minimum atomic E-state index is 0.514. The topological polar surface area (TPSA) is 9.23 Å². The number of hydrogen-bond acceptors (Lipinski definition) is 1. The van der Waals surface area contributed by atoms with E-state index in [1.807, 2.05) is 0 Å². The molecule has 1 aliphatic rings. The van der Waals surface area contributed by atoms with Gasteiger partial charge in [-0.25, -0.2) is 0 Å². The molecule has 0 atom stereocenters. The molecule has 0 aromatic heterocycles. The van der Waals surface area contributed by atoms with Crippen LogP contribution in [-0.2, 0) is 4.74 Å². The summed E-state index contributed by atoms with van der Waals surface area (Å²) >= 11 is 3.45. The van der Waals surface area contributed by atoms with Crippen LogP contribution >= 0.6 is 15.9 Å². The molecule has 0 spiro atoms. The summed E-state index contributed by atoms with van der Waals surface area (Å²) in [5.74, 6) is 0.758. The van der Waals surface area contributed by atoms with Gasteiger partial charge in [-0.3, -0.25) is 0 Å². The molecule has 0 aliphatic heterocycles. The quantitative estimate of drug-likeness (QED) is 0.536. The van der Waals surface area contributed by atoms with Gasteiger partial charge in [0, 0.05) is 11.9 Å². The van der Waals surface area contributed by atoms with Crippen LogP contribution < -0.4 is 0 Å². The first-order valence-corrected chi connectivity index (χ1v) is 8.25. The Morgan fingerprint density at radius 1 is 1.00 bits per heavy atom. The second kappa shape index (κ2) is 7.96. The molecule has 0 amide bonds. The zero-order valence-electron chi connectivity index (χ0n) is 11.0. The minimum absolute atomic E-state index is 0.514. The zero-order chi connectivity index (χ0) is 12.6. The molecular weight excluding hydrogens is 288 g/mol. The number of hydrogen-bond donors (Lipinski definition) is 0. The lowest BCUT2D eigenvalue weighted by atomic mass is 9.83. The average molecular weight is 311 g/mol. The minimum Gasteiger partial charge on any atom is -0.378 e. The van der Waals surface area contributed by atoms with Gasteiger partial charge in [0.1, 0.15) is 0 Å². The molecule has 100 valence electrons. The fourth-order valence-electron chi connectivity index (χ4n) is 2.73. The van der Waals surface area contributed by atoms with E-state index in [0.717, 1.165) is 17.9 Å². The van der Waals surface area contributed by atoms with Crippen molar-refractivity contribution in [3.8, 4) is 0 Å². The maximum absolute atomic E-state index is 5.95. The van der Waals surface area contributed by atoms with Gasteiger partial charge in [-0.2, -0.15) is 0 Å². The smallest absolute Gasteiger partial charge is 0.0575 e. The molecule has 1 aliphatic carbocycles. The van der Waals surface area contributed by atoms with Gasteiger partial charge in [-0.15, -0.1) is 0 Å². The van der Waals surface area contributed by atoms with Crippen molar-refractivity contribution in [3.05, 3.63) is 35.9 Å². The highest BCUT2D eigenvalue weighted by Gasteiger charge is 2.22. The molecule has 2 rings (SSSR count). The molecule has 0 N–H and O–H groups in total. The highest BCUT2D eigenvalue weighted by atomic mass is 79.9. The predicted molar refractivity (Wildman–Crippen MR) is 80.4 cm³/mol. The van der Waals surface area contributed by atoms with E-state index in [-0.39, 0.29) is 0 Å². The number of halogens is 1. The van der Waals surface area contributed by atoms with Crippen molar-refractivity contribution in [2.45, 2.75) is 50.5 Å². The van der Waals surface area contributed by atoms with Crippen LogP contribution in [0, 0.1) is 0 Å². The first-order valence-electron chi connectivity index (χ1n) is 7.12. The maximum Gasteiger partial charge on any atom is 0.0575 e. The number of ether oxygens (including phenoxy) is 1. The Morgan fingerprint density at radius 3 is 2.39 bits per heavy atom. The summed E-state index contributed by atoms with van der Waals surface area (Å²) in [6.07, 6.45) is 7.95. The van der Waals surface area contributed by atoms with E-state index in [1.165, 1.54) is 44.1 Å². The third-order valence-electron chi connectivity index (χ3n) is 3.83. The Bertz CT molecular complexity index is 317. The standard InChI is InChI=1S/C16H23BrO/c17-12-4-5-13-18-16-10-8-15(9-11-16)14-6-2-1-3-7-14/h1-3,6-7,15-16H,4-5,8-13H2. The molecule has 1 saturated carbocycles. The fraction of sp³-hybridized carbons (Fsp3) is 0.625. The van der Waals surface area contributed by atoms with Gasteiger partial charge in [0.15, 0.2) is 0 Å². The average Bonchev–Trinajstić information content (AvgIpc) is 2.45. The maximum atomic E-state index is 5.95. The van der Waals surface area contributed by atoms with Crippen LogP contribution in [0.5, 0.6) is 0 Å². The van der Waals surface area contributed by atoms with Crippen molar-refractivity contribution in [1.82, 2.24) is 0 Å². The van der Waals surface area contributed by atoms with Crippen LogP contribution in [0.3, 0.4) is 0 Å². The van der Waals surface area contributed by atoms with Crippen molar-refractivity contribution in [1.29, 1.82) is 0 Å². The summed E-state index contributed by atoms with van der Waals surface area (Å²) in [5.41, 5.74) is 1.51. The van der Waals surface area contributed by atoms with E-state index in [4.69, 9.17) is 4.74 Å². The largest absolute Gasteiger partial charge is 0.378 e. The molecule has 0 unspecified atom stereocenters. The van der Waals surface area contributed by atoms with Crippen molar-refractivity contribution in [2.24, 2.45) is 0 Å². The Morgan fingerprint density at radius 2 is 1.72 bits per heavy atom. The summed E-state index contributed by atoms with van der Waals surface area (Å²) in [4.78, 5) is 0. The van der Waals surface area contributed by atoms with E-state index in [9.17, 15) is 0 Å². The second-order valence-corrected chi connectivity index (χ2v) is 5.94. The third-order valence-corrected chi connectivity index (χ3v) is 4.39. The Kier molecular flexibility index (Phi) is 6.22. The number of alkyl halides is 1. The summed E-state index contributed by atoms with van der Waals surface area (Å²) in [7, 11) is 0. The van der Waals surface area contributed by atoms with Gasteiger partial charge < -0.3 is 4.74 Å². The lowest BCUT2D eigenvalue weighted by Gasteiger charge is -2.28. The normalized spacial score (nSPS) is 24.1. The van der Waals surface area contributed by atoms with Gasteiger partial charge in [0.05, 0.1) is 6.10 Å². The lowest BCUT2D eigenvalue weighted by molar-refractivity contribution is 0.0233. The summed E-state index contributed by atoms with van der Waals surface area (Å²) in [5, 5.41) is 1.09. The molecule has 18 heavy (non-hydrogen) atoms. The second-order valence-electron chi connectivity index (χ2n) is 5.15. The first-order chi connectivity index (χ1) is 8.90. The molecule has 0 heterocycles. The SMILES string of the molecule is BrCCCCOC1CCC(c2ccccc2)CC1. The molecule has 1 fully saturated rings. The van der Waals surface area contributed by atoms with Crippen LogP contribution in [0.25, 0.3) is 0 Å². The van der Waals surface area contributed by atoms with E-state index >= 15 is 0 Å². The summed E-state index contributed by atoms with van der Waals surface area (Å²) in [6, 6.07) is 10.9. The first kappa shape index (κ1) is 14.1. The highest BCUT2D eigenvalue weighted by Crippen LogP contribution is 2.33. The molecule has 0 saturated heterocycles. The van der Waals surface area contributed by atoms with Crippen molar-refractivity contribution < 1.29 is 4.74 Å². The third kappa shape index (κ3) is 4.40. The van der Waals surface area contributed by atoms with Crippen LogP contribution in [0.4, 0.5) is 0 Å². The summed E-state index contributed by atoms with van der Waals surface area (Å²) < 4.78 is 5.95. The summed E-state index contributed by atoms with van der Waals surface area (Å²) in [6.45, 7) is 0.937. The molecule has 0 radical (unpaired) electrons. The van der Waals surface area contributed by atoms with Gasteiger partial charge in [0.25, 0.3) is 0 Å². The van der Waals surface area contributed by atoms with Crippen LogP contribution in [0.1, 0.15) is 50.0 Å². The van der Waals surface area contributed by atoms with Crippen molar-refractivity contribution in [3.63, 3.8) is 0 Å². The van der Waals surface area contributed by atoms with E-state index in [1.54, 1.807) is 0 Å². The predicted octanol–water partition coefficient (Wildman–Crippen LogP) is 4.90. The molecule has 0 bridgehead atoms. The lowest BCUT2D eigenvalue weighted by Crippen LogP contribution is -2.21. The Balaban J connectivity index is 1.68. The van der Waals surface area contributed by atoms with Gasteiger partial charge in [0.2, 0.25) is 0 Å². The molecular formula is C16H23BrO. The van der Waals surface area contributed by atoms with E-state index in [0.29, 0.717) is 6.10 Å². The van der Waals surface area contributed by atoms with Crippen molar-refractivity contribution >= 4 is 15.9 Å². The van der Waals surface area contributed by atoms with Crippen molar-refractivity contribution in [2.75, 3.05) is 11.9 Å². The number of rotatable bonds is 6. The zero-order valence-corrected chi connectivity index (χ0v) is 12.6. The highest BCUT2D eigenvalue weighted by molar-refractivity contribution is 9.09. The fourth-order valence-corrected chi connectivity index (χ4v) is 3.13. The van der Waals surface area contributed by atoms with Gasteiger partial charge >= 0.3 is 0 Å². The number of benzene rings is 1. The van der Waals surface area contributed by atoms with Gasteiger partial charge in [-0.1, -0.05) is 46.3 Å². The van der Waals surface area contributed by atoms with E-state index in [2.05, 4.69) is 46.3 Å². The molecule has 1 aromatic carbocycles.